The van der Waals surface area contributed by atoms with Crippen molar-refractivity contribution >= 4 is 0 Å². The van der Waals surface area contributed by atoms with Crippen LogP contribution in [0.4, 0.5) is 0 Å². The van der Waals surface area contributed by atoms with Crippen molar-refractivity contribution in [3.8, 4) is 0 Å². The van der Waals surface area contributed by atoms with Crippen LogP contribution in [0.2, 0.25) is 0 Å². The van der Waals surface area contributed by atoms with Gasteiger partial charge in [-0.05, 0) is 0 Å². The Bertz CT molecular complexity index is 29.5. The molecule has 0 aliphatic rings. The quantitative estimate of drug-likeness (QED) is 0.267. The zero-order chi connectivity index (χ0) is 5.41. The Balaban J connectivity index is -0.0000000160. The fraction of sp³-hybridized carbons (Fsp3) is 0. The molecule has 0 fully saturated rings. The van der Waals surface area contributed by atoms with Crippen LogP contribution in [-0.2, 0) is 17.1 Å². The fourth-order valence-corrected chi connectivity index (χ4v) is 0. The van der Waals surface area contributed by atoms with Gasteiger partial charge in [0.25, 0.3) is 0 Å². The molecule has 0 aromatic heterocycles. The third-order valence-corrected chi connectivity index (χ3v) is 0. The molecule has 8 heavy (non-hydrogen) atoms. The van der Waals surface area contributed by atoms with Crippen molar-refractivity contribution in [1.82, 2.24) is 11.7 Å². The van der Waals surface area contributed by atoms with E-state index in [2.05, 4.69) is 0 Å². The van der Waals surface area contributed by atoms with Gasteiger partial charge in [-0.15, -0.1) is 0 Å². The van der Waals surface area contributed by atoms with Crippen LogP contribution >= 0.6 is 0 Å². The summed E-state index contributed by atoms with van der Waals surface area (Å²) in [6.45, 7) is 0. The molecule has 0 unspecified atom stereocenters. The van der Waals surface area contributed by atoms with Gasteiger partial charge in [0.2, 0.25) is 0 Å². The molecule has 0 rings (SSSR count). The van der Waals surface area contributed by atoms with Gasteiger partial charge in [0.1, 0.15) is 0 Å². The van der Waals surface area contributed by atoms with Crippen LogP contribution in [-0.4, -0.2) is 5.48 Å². The standard InChI is InChI=1S/Mn.2N3.H2O/c;2*1-3-2;/h;;;1H2/q+3;2*-1;/p-1. The van der Waals surface area contributed by atoms with Crippen molar-refractivity contribution in [2.45, 2.75) is 0 Å². The van der Waals surface area contributed by atoms with E-state index in [0.29, 0.717) is 0 Å². The molecular weight excluding hydrogens is 155 g/mol. The van der Waals surface area contributed by atoms with Gasteiger partial charge in [-0.25, -0.2) is 0 Å². The second-order valence-electron chi connectivity index (χ2n) is 0.179. The van der Waals surface area contributed by atoms with Gasteiger partial charge in [-0.1, -0.05) is 0 Å². The van der Waals surface area contributed by atoms with Crippen LogP contribution < -0.4 is 11.7 Å². The Kier molecular flexibility index (Phi) is 357. The molecule has 4 radical (unpaired) electrons. The molecule has 0 spiro atoms. The molecule has 0 saturated carbocycles. The van der Waals surface area contributed by atoms with Gasteiger partial charge in [0.15, 0.2) is 0 Å². The summed E-state index contributed by atoms with van der Waals surface area (Å²) >= 11 is 0. The van der Waals surface area contributed by atoms with Gasteiger partial charge in [0, 0.05) is 0 Å². The van der Waals surface area contributed by atoms with Gasteiger partial charge in [0.05, 0.1) is 0 Å². The molecular formula is HMnN6O. The van der Waals surface area contributed by atoms with Gasteiger partial charge in [-0.2, -0.15) is 0 Å². The molecule has 0 aromatic carbocycles. The number of rotatable bonds is 0. The monoisotopic (exact) mass is 156 g/mol. The van der Waals surface area contributed by atoms with Crippen molar-refractivity contribution in [1.29, 1.82) is 0 Å². The first-order valence-corrected chi connectivity index (χ1v) is 0.800. The maximum Gasteiger partial charge on any atom is 3.00 e. The van der Waals surface area contributed by atoms with Crippen molar-refractivity contribution in [2.24, 2.45) is 10.4 Å². The van der Waals surface area contributed by atoms with Crippen LogP contribution in [0.3, 0.4) is 0 Å². The molecule has 8 heteroatoms. The van der Waals surface area contributed by atoms with E-state index in [-0.39, 0.29) is 22.5 Å². The Labute approximate surface area is 56.6 Å². The minimum atomic E-state index is 0. The Morgan fingerprint density at radius 1 is 1.00 bits per heavy atom. The first kappa shape index (κ1) is 26.7. The van der Waals surface area contributed by atoms with E-state index in [0.717, 1.165) is 0 Å². The Hall–Kier alpha value is -0.721. The van der Waals surface area contributed by atoms with E-state index >= 15 is 0 Å². The van der Waals surface area contributed by atoms with Gasteiger partial charge < -0.3 is 28.2 Å². The van der Waals surface area contributed by atoms with E-state index in [1.165, 1.54) is 10.4 Å². The predicted octanol–water partition coefficient (Wildman–Crippen LogP) is -0.196. The smallest absolute Gasteiger partial charge is 0.870 e. The molecule has 0 saturated heterocycles. The van der Waals surface area contributed by atoms with Crippen LogP contribution in [0.15, 0.2) is 10.4 Å². The summed E-state index contributed by atoms with van der Waals surface area (Å²) < 4.78 is 0. The minimum Gasteiger partial charge on any atom is -0.870 e. The van der Waals surface area contributed by atoms with Gasteiger partial charge in [-0.3, -0.25) is 10.4 Å². The maximum absolute atomic E-state index is 6.75. The molecule has 0 aliphatic carbocycles. The van der Waals surface area contributed by atoms with E-state index in [1.54, 1.807) is 0 Å². The zero-order valence-corrected chi connectivity index (χ0v) is 4.69. The summed E-state index contributed by atoms with van der Waals surface area (Å²) in [4.78, 5) is 0. The summed E-state index contributed by atoms with van der Waals surface area (Å²) in [5.41, 5.74) is 13.5. The van der Waals surface area contributed by atoms with Crippen LogP contribution in [0.1, 0.15) is 0 Å². The van der Waals surface area contributed by atoms with Crippen LogP contribution in [0.5, 0.6) is 0 Å². The minimum absolute atomic E-state index is 0. The van der Waals surface area contributed by atoms with Crippen molar-refractivity contribution < 1.29 is 22.5 Å². The third-order valence-electron chi connectivity index (χ3n) is 0. The topological polar surface area (TPSA) is 144 Å². The van der Waals surface area contributed by atoms with Gasteiger partial charge >= 0.3 is 17.1 Å². The molecule has 0 aromatic rings. The Morgan fingerprint density at radius 2 is 1.00 bits per heavy atom. The average molecular weight is 156 g/mol. The summed E-state index contributed by atoms with van der Waals surface area (Å²) in [7, 11) is 0. The second kappa shape index (κ2) is 107. The van der Waals surface area contributed by atoms with Crippen LogP contribution in [0, 0.1) is 0 Å². The number of hydrogen-bond donors (Lipinski definition) is 0. The molecule has 1 N–H and O–H groups in total. The van der Waals surface area contributed by atoms with E-state index in [1.807, 2.05) is 0 Å². The first-order chi connectivity index (χ1) is 2.83. The number of hydrogen-bond acceptors (Lipinski definition) is 3. The largest absolute Gasteiger partial charge is 3.00 e. The SMILES string of the molecule is [Mn+3].[N]N=[N-].[N]N=[N-].[OH-]. The molecule has 0 amide bonds. The van der Waals surface area contributed by atoms with Crippen molar-refractivity contribution in [2.75, 3.05) is 0 Å². The van der Waals surface area contributed by atoms with Crippen LogP contribution in [0.25, 0.3) is 11.1 Å². The molecule has 44 valence electrons. The zero-order valence-electron chi connectivity index (χ0n) is 3.51. The summed E-state index contributed by atoms with van der Waals surface area (Å²) in [6.07, 6.45) is 0. The fourth-order valence-electron chi connectivity index (χ4n) is 0. The first-order valence-electron chi connectivity index (χ1n) is 0.800. The van der Waals surface area contributed by atoms with Crippen molar-refractivity contribution in [3.63, 3.8) is 0 Å². The second-order valence-corrected chi connectivity index (χ2v) is 0.179. The van der Waals surface area contributed by atoms with E-state index in [4.69, 9.17) is 22.7 Å². The van der Waals surface area contributed by atoms with E-state index in [9.17, 15) is 0 Å². The molecule has 0 bridgehead atoms. The normalized spacial score (nSPS) is 3.00. The summed E-state index contributed by atoms with van der Waals surface area (Å²) in [5.74, 6) is 13.5. The molecule has 0 atom stereocenters. The third kappa shape index (κ3) is 186. The Morgan fingerprint density at radius 3 is 1.00 bits per heavy atom. The van der Waals surface area contributed by atoms with Crippen molar-refractivity contribution in [3.05, 3.63) is 11.1 Å². The summed E-state index contributed by atoms with van der Waals surface area (Å²) in [6, 6.07) is 0. The predicted molar refractivity (Wildman–Crippen MR) is 17.8 cm³/mol. The van der Waals surface area contributed by atoms with E-state index < -0.39 is 0 Å². The molecule has 0 aliphatic heterocycles. The summed E-state index contributed by atoms with van der Waals surface area (Å²) in [5, 5.41) is 3.00. The maximum atomic E-state index is 6.75. The average Bonchev–Trinajstić information content (AvgIpc) is 1.39. The molecule has 7 nitrogen and oxygen atoms in total. The number of nitrogens with zero attached hydrogens (tertiary/aromatic N) is 6. The molecule has 0 heterocycles.